The fraction of sp³-hybridized carbons (Fsp3) is 0.500. The Morgan fingerprint density at radius 3 is 3.12 bits per heavy atom. The van der Waals surface area contributed by atoms with Crippen LogP contribution >= 0.6 is 12.2 Å². The summed E-state index contributed by atoms with van der Waals surface area (Å²) in [5.74, 6) is 0.235. The van der Waals surface area contributed by atoms with E-state index in [0.29, 0.717) is 12.1 Å². The lowest BCUT2D eigenvalue weighted by molar-refractivity contribution is 0.134. The summed E-state index contributed by atoms with van der Waals surface area (Å²) in [5.41, 5.74) is 0.615. The van der Waals surface area contributed by atoms with E-state index in [0.717, 1.165) is 0 Å². The number of aromatic amines is 1. The number of amides is 1. The molecular formula is C8H10N4O4S. The number of rotatable bonds is 2. The molecule has 0 unspecified atom stereocenters. The SMILES string of the molecule is CO/N=C1\C[C@@H](c2n[nH]c(=S)o2)N(C(=O)O)C1. The third-order valence-corrected chi connectivity index (χ3v) is 2.54. The van der Waals surface area contributed by atoms with Gasteiger partial charge in [0.1, 0.15) is 13.2 Å². The Balaban J connectivity index is 2.28. The summed E-state index contributed by atoms with van der Waals surface area (Å²) in [6, 6.07) is -0.519. The lowest BCUT2D eigenvalue weighted by Crippen LogP contribution is -2.29. The van der Waals surface area contributed by atoms with Crippen LogP contribution in [0.25, 0.3) is 0 Å². The van der Waals surface area contributed by atoms with Gasteiger partial charge in [0, 0.05) is 6.42 Å². The molecule has 8 nitrogen and oxygen atoms in total. The van der Waals surface area contributed by atoms with Crippen molar-refractivity contribution in [2.45, 2.75) is 12.5 Å². The number of nitrogens with one attached hydrogen (secondary N) is 1. The molecular weight excluding hydrogens is 248 g/mol. The number of likely N-dealkylation sites (tertiary alicyclic amines) is 1. The van der Waals surface area contributed by atoms with Crippen molar-refractivity contribution < 1.29 is 19.2 Å². The van der Waals surface area contributed by atoms with Gasteiger partial charge in [0.15, 0.2) is 0 Å². The smallest absolute Gasteiger partial charge is 0.408 e. The summed E-state index contributed by atoms with van der Waals surface area (Å²) in [4.78, 5) is 17.0. The number of aromatic nitrogens is 2. The Morgan fingerprint density at radius 1 is 1.82 bits per heavy atom. The van der Waals surface area contributed by atoms with Crippen LogP contribution in [0.5, 0.6) is 0 Å². The molecule has 0 spiro atoms. The largest absolute Gasteiger partial charge is 0.465 e. The molecule has 0 saturated carbocycles. The first kappa shape index (κ1) is 11.6. The van der Waals surface area contributed by atoms with E-state index in [9.17, 15) is 4.79 Å². The summed E-state index contributed by atoms with van der Waals surface area (Å²) < 4.78 is 5.12. The van der Waals surface area contributed by atoms with Crippen molar-refractivity contribution in [1.82, 2.24) is 15.1 Å². The van der Waals surface area contributed by atoms with E-state index in [2.05, 4.69) is 20.2 Å². The maximum atomic E-state index is 11.1. The lowest BCUT2D eigenvalue weighted by atomic mass is 10.2. The number of H-pyrrole nitrogens is 1. The molecule has 2 heterocycles. The number of oxime groups is 1. The van der Waals surface area contributed by atoms with Gasteiger partial charge in [0.05, 0.1) is 12.3 Å². The zero-order chi connectivity index (χ0) is 12.4. The number of nitrogens with zero attached hydrogens (tertiary/aromatic N) is 3. The predicted molar refractivity (Wildman–Crippen MR) is 58.2 cm³/mol. The Morgan fingerprint density at radius 2 is 2.59 bits per heavy atom. The molecule has 2 N–H and O–H groups in total. The first-order valence-electron chi connectivity index (χ1n) is 4.75. The van der Waals surface area contributed by atoms with Crippen LogP contribution in [-0.4, -0.2) is 45.7 Å². The number of hydrogen-bond acceptors (Lipinski definition) is 6. The van der Waals surface area contributed by atoms with E-state index in [4.69, 9.17) is 21.7 Å². The molecule has 2 rings (SSSR count). The summed E-state index contributed by atoms with van der Waals surface area (Å²) in [6.45, 7) is 0.170. The van der Waals surface area contributed by atoms with E-state index >= 15 is 0 Å². The van der Waals surface area contributed by atoms with Crippen LogP contribution in [0.3, 0.4) is 0 Å². The van der Waals surface area contributed by atoms with Crippen LogP contribution in [0.2, 0.25) is 0 Å². The topological polar surface area (TPSA) is 104 Å². The number of carbonyl (C=O) groups is 1. The van der Waals surface area contributed by atoms with Crippen molar-refractivity contribution in [1.29, 1.82) is 0 Å². The van der Waals surface area contributed by atoms with Gasteiger partial charge in [-0.05, 0) is 12.2 Å². The van der Waals surface area contributed by atoms with Crippen LogP contribution in [0.15, 0.2) is 9.57 Å². The number of hydrogen-bond donors (Lipinski definition) is 2. The van der Waals surface area contributed by atoms with Crippen LogP contribution in [0.1, 0.15) is 18.4 Å². The van der Waals surface area contributed by atoms with Crippen molar-refractivity contribution in [2.24, 2.45) is 5.16 Å². The average Bonchev–Trinajstić information content (AvgIpc) is 2.84. The zero-order valence-corrected chi connectivity index (χ0v) is 9.73. The highest BCUT2D eigenvalue weighted by Crippen LogP contribution is 2.29. The summed E-state index contributed by atoms with van der Waals surface area (Å²) in [6.07, 6.45) is -0.691. The minimum Gasteiger partial charge on any atom is -0.465 e. The Labute approximate surface area is 101 Å². The van der Waals surface area contributed by atoms with Gasteiger partial charge in [-0.15, -0.1) is 5.10 Å². The van der Waals surface area contributed by atoms with E-state index in [1.165, 1.54) is 12.0 Å². The molecule has 1 aliphatic rings. The van der Waals surface area contributed by atoms with Crippen molar-refractivity contribution in [3.63, 3.8) is 0 Å². The molecule has 0 radical (unpaired) electrons. The quantitative estimate of drug-likeness (QED) is 0.609. The molecule has 1 aromatic rings. The highest BCUT2D eigenvalue weighted by atomic mass is 32.1. The summed E-state index contributed by atoms with van der Waals surface area (Å²) in [5, 5.41) is 19.1. The molecule has 1 amide bonds. The minimum atomic E-state index is -1.07. The predicted octanol–water partition coefficient (Wildman–Crippen LogP) is 1.16. The minimum absolute atomic E-state index is 0.113. The Bertz CT molecular complexity index is 508. The van der Waals surface area contributed by atoms with Gasteiger partial charge in [-0.3, -0.25) is 4.90 Å². The zero-order valence-electron chi connectivity index (χ0n) is 8.91. The molecule has 0 aromatic carbocycles. The maximum absolute atomic E-state index is 11.1. The first-order valence-corrected chi connectivity index (χ1v) is 5.16. The Hall–Kier alpha value is -1.90. The normalized spacial score (nSPS) is 22.1. The van der Waals surface area contributed by atoms with E-state index < -0.39 is 12.1 Å². The standard InChI is InChI=1S/C8H10N4O4S/c1-15-11-4-2-5(12(3-4)8(13)14)6-9-10-7(17)16-6/h5H,2-3H2,1H3,(H,10,17)(H,13,14)/b11-4+/t5-/m0/s1. The van der Waals surface area contributed by atoms with Crippen LogP contribution in [0.4, 0.5) is 4.79 Å². The highest BCUT2D eigenvalue weighted by Gasteiger charge is 2.37. The molecule has 0 bridgehead atoms. The Kier molecular flexibility index (Phi) is 3.09. The average molecular weight is 258 g/mol. The molecule has 1 saturated heterocycles. The van der Waals surface area contributed by atoms with Gasteiger partial charge in [0.25, 0.3) is 4.84 Å². The number of carboxylic acid groups (broad SMARTS) is 1. The van der Waals surface area contributed by atoms with Crippen LogP contribution in [0, 0.1) is 4.84 Å². The van der Waals surface area contributed by atoms with Gasteiger partial charge in [-0.2, -0.15) is 0 Å². The molecule has 92 valence electrons. The van der Waals surface area contributed by atoms with Crippen molar-refractivity contribution in [2.75, 3.05) is 13.7 Å². The molecule has 1 aliphatic heterocycles. The molecule has 17 heavy (non-hydrogen) atoms. The maximum Gasteiger partial charge on any atom is 0.408 e. The fourth-order valence-corrected chi connectivity index (χ4v) is 1.84. The second-order valence-corrected chi connectivity index (χ2v) is 3.79. The summed E-state index contributed by atoms with van der Waals surface area (Å²) >= 11 is 4.75. The highest BCUT2D eigenvalue weighted by molar-refractivity contribution is 7.71. The van der Waals surface area contributed by atoms with Gasteiger partial charge < -0.3 is 14.4 Å². The lowest BCUT2D eigenvalue weighted by Gasteiger charge is -2.16. The summed E-state index contributed by atoms with van der Waals surface area (Å²) in [7, 11) is 1.41. The van der Waals surface area contributed by atoms with Gasteiger partial charge in [-0.25, -0.2) is 9.89 Å². The van der Waals surface area contributed by atoms with E-state index in [1.807, 2.05) is 0 Å². The van der Waals surface area contributed by atoms with Crippen molar-refractivity contribution in [3.8, 4) is 0 Å². The van der Waals surface area contributed by atoms with E-state index in [-0.39, 0.29) is 17.3 Å². The van der Waals surface area contributed by atoms with Gasteiger partial charge >= 0.3 is 6.09 Å². The van der Waals surface area contributed by atoms with Crippen molar-refractivity contribution >= 4 is 24.0 Å². The second-order valence-electron chi connectivity index (χ2n) is 3.42. The van der Waals surface area contributed by atoms with Crippen molar-refractivity contribution in [3.05, 3.63) is 10.7 Å². The first-order chi connectivity index (χ1) is 8.11. The molecule has 1 aromatic heterocycles. The fourth-order valence-electron chi connectivity index (χ4n) is 1.71. The van der Waals surface area contributed by atoms with Gasteiger partial charge in [-0.1, -0.05) is 5.16 Å². The third kappa shape index (κ3) is 2.28. The van der Waals surface area contributed by atoms with Crippen LogP contribution < -0.4 is 0 Å². The monoisotopic (exact) mass is 258 g/mol. The molecule has 1 atom stereocenters. The van der Waals surface area contributed by atoms with Crippen LogP contribution in [-0.2, 0) is 4.84 Å². The molecule has 0 aliphatic carbocycles. The van der Waals surface area contributed by atoms with E-state index in [1.54, 1.807) is 0 Å². The second kappa shape index (κ2) is 4.53. The third-order valence-electron chi connectivity index (χ3n) is 2.36. The van der Waals surface area contributed by atoms with Gasteiger partial charge in [0.2, 0.25) is 5.89 Å². The molecule has 1 fully saturated rings. The molecule has 9 heteroatoms.